The van der Waals surface area contributed by atoms with Crippen molar-refractivity contribution in [2.75, 3.05) is 0 Å². The quantitative estimate of drug-likeness (QED) is 0.656. The third-order valence-corrected chi connectivity index (χ3v) is 4.30. The molecule has 3 rings (SSSR count). The van der Waals surface area contributed by atoms with E-state index in [1.807, 2.05) is 0 Å². The van der Waals surface area contributed by atoms with Crippen molar-refractivity contribution in [2.24, 2.45) is 0 Å². The van der Waals surface area contributed by atoms with Crippen molar-refractivity contribution in [2.45, 2.75) is 52.4 Å². The zero-order chi connectivity index (χ0) is 11.3. The van der Waals surface area contributed by atoms with Gasteiger partial charge in [-0.3, -0.25) is 4.79 Å². The Bertz CT molecular complexity index is 448. The first-order chi connectivity index (χ1) is 7.70. The molecule has 0 radical (unpaired) electrons. The van der Waals surface area contributed by atoms with Gasteiger partial charge in [0, 0.05) is 5.56 Å². The summed E-state index contributed by atoms with van der Waals surface area (Å²) in [6.07, 6.45) is 7.10. The smallest absolute Gasteiger partial charge is 0.160 e. The Hall–Kier alpha value is -1.11. The SMILES string of the molecule is CC(=O)c1c2c(c(C)c3c1CCC3)CCC2. The average Bonchev–Trinajstić information content (AvgIpc) is 2.84. The van der Waals surface area contributed by atoms with Gasteiger partial charge < -0.3 is 0 Å². The lowest BCUT2D eigenvalue weighted by molar-refractivity contribution is 0.101. The van der Waals surface area contributed by atoms with Crippen LogP contribution >= 0.6 is 0 Å². The Morgan fingerprint density at radius 3 is 1.75 bits per heavy atom. The summed E-state index contributed by atoms with van der Waals surface area (Å²) in [4.78, 5) is 11.9. The molecule has 84 valence electrons. The second-order valence-electron chi connectivity index (χ2n) is 5.18. The molecule has 0 bridgehead atoms. The lowest BCUT2D eigenvalue weighted by atomic mass is 9.88. The first-order valence-electron chi connectivity index (χ1n) is 6.37. The lowest BCUT2D eigenvalue weighted by Crippen LogP contribution is -2.07. The van der Waals surface area contributed by atoms with Crippen LogP contribution in [0.25, 0.3) is 0 Å². The van der Waals surface area contributed by atoms with Gasteiger partial charge in [-0.1, -0.05) is 0 Å². The summed E-state index contributed by atoms with van der Waals surface area (Å²) >= 11 is 0. The van der Waals surface area contributed by atoms with Gasteiger partial charge in [0.25, 0.3) is 0 Å². The number of Topliss-reactive ketones (excluding diaryl/α,β-unsaturated/α-hetero) is 1. The molecule has 0 aromatic heterocycles. The van der Waals surface area contributed by atoms with Crippen molar-refractivity contribution >= 4 is 5.78 Å². The van der Waals surface area contributed by atoms with Crippen molar-refractivity contribution in [3.63, 3.8) is 0 Å². The van der Waals surface area contributed by atoms with Crippen LogP contribution in [0.5, 0.6) is 0 Å². The van der Waals surface area contributed by atoms with Crippen LogP contribution in [0, 0.1) is 6.92 Å². The van der Waals surface area contributed by atoms with Crippen LogP contribution in [-0.2, 0) is 25.7 Å². The van der Waals surface area contributed by atoms with E-state index in [-0.39, 0.29) is 5.78 Å². The van der Waals surface area contributed by atoms with Gasteiger partial charge in [0.05, 0.1) is 0 Å². The summed E-state index contributed by atoms with van der Waals surface area (Å²) in [6.45, 7) is 4.00. The summed E-state index contributed by atoms with van der Waals surface area (Å²) in [7, 11) is 0. The molecule has 1 aromatic rings. The molecule has 0 N–H and O–H groups in total. The molecular formula is C15H18O. The van der Waals surface area contributed by atoms with Crippen LogP contribution in [0.15, 0.2) is 0 Å². The lowest BCUT2D eigenvalue weighted by Gasteiger charge is -2.16. The summed E-state index contributed by atoms with van der Waals surface area (Å²) in [6, 6.07) is 0. The minimum atomic E-state index is 0.288. The highest BCUT2D eigenvalue weighted by molar-refractivity contribution is 5.98. The minimum absolute atomic E-state index is 0.288. The molecule has 0 saturated carbocycles. The van der Waals surface area contributed by atoms with Crippen molar-refractivity contribution < 1.29 is 4.79 Å². The molecule has 2 aliphatic rings. The van der Waals surface area contributed by atoms with Crippen LogP contribution in [0.1, 0.15) is 57.9 Å². The topological polar surface area (TPSA) is 17.1 Å². The van der Waals surface area contributed by atoms with Crippen LogP contribution < -0.4 is 0 Å². The van der Waals surface area contributed by atoms with E-state index in [1.165, 1.54) is 53.5 Å². The van der Waals surface area contributed by atoms with E-state index in [4.69, 9.17) is 0 Å². The fraction of sp³-hybridized carbons (Fsp3) is 0.533. The van der Waals surface area contributed by atoms with E-state index in [2.05, 4.69) is 6.92 Å². The number of benzene rings is 1. The Balaban J connectivity index is 2.36. The molecule has 0 aliphatic heterocycles. The van der Waals surface area contributed by atoms with Crippen LogP contribution in [-0.4, -0.2) is 5.78 Å². The second-order valence-corrected chi connectivity index (χ2v) is 5.18. The molecule has 0 heterocycles. The normalized spacial score (nSPS) is 17.4. The average molecular weight is 214 g/mol. The summed E-state index contributed by atoms with van der Waals surface area (Å²) in [5.74, 6) is 0.288. The summed E-state index contributed by atoms with van der Waals surface area (Å²) in [5.41, 5.74) is 8.41. The van der Waals surface area contributed by atoms with Gasteiger partial charge >= 0.3 is 0 Å². The van der Waals surface area contributed by atoms with Gasteiger partial charge in [-0.25, -0.2) is 0 Å². The van der Waals surface area contributed by atoms with Gasteiger partial charge in [-0.2, -0.15) is 0 Å². The van der Waals surface area contributed by atoms with Crippen molar-refractivity contribution in [3.8, 4) is 0 Å². The molecule has 1 heteroatoms. The number of rotatable bonds is 1. The Labute approximate surface area is 96.9 Å². The van der Waals surface area contributed by atoms with E-state index in [1.54, 1.807) is 6.92 Å². The maximum Gasteiger partial charge on any atom is 0.160 e. The number of carbonyl (C=O) groups is 1. The van der Waals surface area contributed by atoms with Gasteiger partial charge in [-0.05, 0) is 80.2 Å². The molecule has 0 atom stereocenters. The van der Waals surface area contributed by atoms with Crippen molar-refractivity contribution in [1.82, 2.24) is 0 Å². The molecule has 0 unspecified atom stereocenters. The van der Waals surface area contributed by atoms with Crippen LogP contribution in [0.4, 0.5) is 0 Å². The maximum absolute atomic E-state index is 11.9. The number of ketones is 1. The van der Waals surface area contributed by atoms with E-state index in [0.29, 0.717) is 0 Å². The molecule has 1 nitrogen and oxygen atoms in total. The summed E-state index contributed by atoms with van der Waals surface area (Å²) in [5, 5.41) is 0. The predicted octanol–water partition coefficient (Wildman–Crippen LogP) is 3.18. The molecule has 16 heavy (non-hydrogen) atoms. The molecule has 0 amide bonds. The fourth-order valence-corrected chi connectivity index (χ4v) is 3.66. The highest BCUT2D eigenvalue weighted by atomic mass is 16.1. The standard InChI is InChI=1S/C15H18O/c1-9-11-5-3-7-13(11)15(10(2)16)14-8-4-6-12(9)14/h3-8H2,1-2H3. The van der Waals surface area contributed by atoms with Gasteiger partial charge in [0.15, 0.2) is 5.78 Å². The van der Waals surface area contributed by atoms with Gasteiger partial charge in [0.1, 0.15) is 0 Å². The zero-order valence-electron chi connectivity index (χ0n) is 10.2. The largest absolute Gasteiger partial charge is 0.294 e. The van der Waals surface area contributed by atoms with Crippen molar-refractivity contribution in [1.29, 1.82) is 0 Å². The maximum atomic E-state index is 11.9. The molecule has 1 aromatic carbocycles. The molecule has 0 spiro atoms. The third kappa shape index (κ3) is 1.20. The van der Waals surface area contributed by atoms with Crippen molar-refractivity contribution in [3.05, 3.63) is 33.4 Å². The molecule has 0 fully saturated rings. The van der Waals surface area contributed by atoms with Crippen LogP contribution in [0.3, 0.4) is 0 Å². The highest BCUT2D eigenvalue weighted by Gasteiger charge is 2.28. The highest BCUT2D eigenvalue weighted by Crippen LogP contribution is 2.38. The number of hydrogen-bond acceptors (Lipinski definition) is 1. The van der Waals surface area contributed by atoms with Crippen LogP contribution in [0.2, 0.25) is 0 Å². The second kappa shape index (κ2) is 3.44. The molecule has 0 saturated heterocycles. The summed E-state index contributed by atoms with van der Waals surface area (Å²) < 4.78 is 0. The first kappa shape index (κ1) is 10.1. The number of carbonyl (C=O) groups excluding carboxylic acids is 1. The predicted molar refractivity (Wildman–Crippen MR) is 65.2 cm³/mol. The van der Waals surface area contributed by atoms with E-state index in [0.717, 1.165) is 18.4 Å². The van der Waals surface area contributed by atoms with E-state index >= 15 is 0 Å². The van der Waals surface area contributed by atoms with Gasteiger partial charge in [-0.15, -0.1) is 0 Å². The third-order valence-electron chi connectivity index (χ3n) is 4.30. The monoisotopic (exact) mass is 214 g/mol. The Kier molecular flexibility index (Phi) is 2.17. The number of fused-ring (bicyclic) bond motifs is 2. The Morgan fingerprint density at radius 1 is 0.875 bits per heavy atom. The zero-order valence-corrected chi connectivity index (χ0v) is 10.2. The Morgan fingerprint density at radius 2 is 1.31 bits per heavy atom. The van der Waals surface area contributed by atoms with E-state index < -0.39 is 0 Å². The minimum Gasteiger partial charge on any atom is -0.294 e. The fourth-order valence-electron chi connectivity index (χ4n) is 3.66. The molecule has 2 aliphatic carbocycles. The van der Waals surface area contributed by atoms with E-state index in [9.17, 15) is 4.79 Å². The number of hydrogen-bond donors (Lipinski definition) is 0. The molecular weight excluding hydrogens is 196 g/mol. The first-order valence-corrected chi connectivity index (χ1v) is 6.37. The van der Waals surface area contributed by atoms with Gasteiger partial charge in [0.2, 0.25) is 0 Å².